The van der Waals surface area contributed by atoms with E-state index in [4.69, 9.17) is 5.73 Å². The summed E-state index contributed by atoms with van der Waals surface area (Å²) in [5.74, 6) is 0.628. The highest BCUT2D eigenvalue weighted by atomic mass is 32.2. The molecule has 0 fully saturated rings. The molecule has 4 heteroatoms. The Morgan fingerprint density at radius 1 is 1.60 bits per heavy atom. The van der Waals surface area contributed by atoms with E-state index in [1.165, 1.54) is 0 Å². The summed E-state index contributed by atoms with van der Waals surface area (Å²) in [7, 11) is -0.926. The van der Waals surface area contributed by atoms with Gasteiger partial charge in [0.1, 0.15) is 0 Å². The summed E-state index contributed by atoms with van der Waals surface area (Å²) in [6.07, 6.45) is 0. The molecule has 0 radical (unpaired) electrons. The van der Waals surface area contributed by atoms with E-state index in [1.54, 1.807) is 0 Å². The number of hydrogen-bond acceptors (Lipinski definition) is 2. The Morgan fingerprint density at radius 3 is 2.40 bits per heavy atom. The van der Waals surface area contributed by atoms with Crippen molar-refractivity contribution in [3.63, 3.8) is 0 Å². The summed E-state index contributed by atoms with van der Waals surface area (Å²) in [6, 6.07) is 0. The van der Waals surface area contributed by atoms with Crippen molar-refractivity contribution in [3.8, 4) is 0 Å². The summed E-state index contributed by atoms with van der Waals surface area (Å²) in [5, 5.41) is 0. The summed E-state index contributed by atoms with van der Waals surface area (Å²) in [6.45, 7) is 6.23. The Bertz CT molecular complexity index is 125. The first-order valence-corrected chi connectivity index (χ1v) is 4.70. The lowest BCUT2D eigenvalue weighted by Crippen LogP contribution is -2.46. The summed E-state index contributed by atoms with van der Waals surface area (Å²) in [5.41, 5.74) is 5.20. The molecule has 0 aromatic heterocycles. The van der Waals surface area contributed by atoms with Gasteiger partial charge in [0.05, 0.1) is 11.0 Å². The molecule has 1 unspecified atom stereocenters. The lowest BCUT2D eigenvalue weighted by molar-refractivity contribution is 0.482. The minimum absolute atomic E-state index is 0.207. The molecule has 0 aromatic rings. The van der Waals surface area contributed by atoms with Crippen LogP contribution in [-0.2, 0) is 11.0 Å². The highest BCUT2D eigenvalue weighted by Gasteiger charge is 2.16. The third kappa shape index (κ3) is 3.98. The van der Waals surface area contributed by atoms with Gasteiger partial charge in [0.2, 0.25) is 0 Å². The van der Waals surface area contributed by atoms with Crippen molar-refractivity contribution in [2.45, 2.75) is 26.3 Å². The molecule has 0 bridgehead atoms. The van der Waals surface area contributed by atoms with E-state index in [1.807, 2.05) is 20.8 Å². The quantitative estimate of drug-likeness (QED) is 0.614. The Morgan fingerprint density at radius 2 is 2.10 bits per heavy atom. The van der Waals surface area contributed by atoms with E-state index in [0.29, 0.717) is 12.3 Å². The van der Waals surface area contributed by atoms with Gasteiger partial charge in [-0.2, -0.15) is 0 Å². The van der Waals surface area contributed by atoms with Gasteiger partial charge in [-0.05, 0) is 13.8 Å². The molecule has 3 nitrogen and oxygen atoms in total. The Hall–Kier alpha value is 0.0700. The van der Waals surface area contributed by atoms with Crippen LogP contribution in [0.2, 0.25) is 0 Å². The molecular formula is C6H16N2OS. The van der Waals surface area contributed by atoms with Gasteiger partial charge in [0.25, 0.3) is 0 Å². The van der Waals surface area contributed by atoms with Crippen LogP contribution in [0.4, 0.5) is 0 Å². The van der Waals surface area contributed by atoms with Gasteiger partial charge in [-0.3, -0.25) is 0 Å². The number of rotatable bonds is 4. The van der Waals surface area contributed by atoms with E-state index in [9.17, 15) is 4.21 Å². The lowest BCUT2D eigenvalue weighted by atomic mass is 10.1. The third-order valence-corrected chi connectivity index (χ3v) is 2.47. The van der Waals surface area contributed by atoms with Gasteiger partial charge in [0.15, 0.2) is 0 Å². The zero-order chi connectivity index (χ0) is 8.20. The number of nitrogens with one attached hydrogen (secondary N) is 1. The van der Waals surface area contributed by atoms with Gasteiger partial charge in [-0.25, -0.2) is 8.93 Å². The molecule has 1 atom stereocenters. The first-order chi connectivity index (χ1) is 4.52. The Kier molecular flexibility index (Phi) is 4.08. The molecule has 62 valence electrons. The van der Waals surface area contributed by atoms with Crippen LogP contribution in [-0.4, -0.2) is 22.0 Å². The largest absolute Gasteiger partial charge is 0.329 e. The molecule has 0 aromatic carbocycles. The topological polar surface area (TPSA) is 55.1 Å². The second-order valence-electron chi connectivity index (χ2n) is 2.82. The lowest BCUT2D eigenvalue weighted by Gasteiger charge is -2.22. The summed E-state index contributed by atoms with van der Waals surface area (Å²) < 4.78 is 13.8. The molecule has 10 heavy (non-hydrogen) atoms. The zero-order valence-electron chi connectivity index (χ0n) is 6.81. The van der Waals surface area contributed by atoms with Crippen LogP contribution < -0.4 is 10.5 Å². The molecule has 0 aliphatic heterocycles. The maximum absolute atomic E-state index is 10.9. The first-order valence-electron chi connectivity index (χ1n) is 3.38. The van der Waals surface area contributed by atoms with Gasteiger partial charge in [0, 0.05) is 17.8 Å². The SMILES string of the molecule is CCS(=O)NC(C)(C)CN. The number of hydrogen-bond donors (Lipinski definition) is 2. The minimum Gasteiger partial charge on any atom is -0.329 e. The first kappa shape index (κ1) is 10.1. The van der Waals surface area contributed by atoms with Crippen molar-refractivity contribution >= 4 is 11.0 Å². The van der Waals surface area contributed by atoms with E-state index in [-0.39, 0.29) is 5.54 Å². The predicted octanol–water partition coefficient (Wildman–Crippen LogP) is -0.00310. The second-order valence-corrected chi connectivity index (χ2v) is 4.30. The highest BCUT2D eigenvalue weighted by Crippen LogP contribution is 1.98. The zero-order valence-corrected chi connectivity index (χ0v) is 7.62. The molecule has 0 amide bonds. The standard InChI is InChI=1S/C6H16N2OS/c1-4-10(9)8-6(2,3)5-7/h8H,4-5,7H2,1-3H3. The van der Waals surface area contributed by atoms with E-state index < -0.39 is 11.0 Å². The Balaban J connectivity index is 3.76. The van der Waals surface area contributed by atoms with E-state index in [0.717, 1.165) is 0 Å². The monoisotopic (exact) mass is 164 g/mol. The Labute approximate surface area is 65.0 Å². The smallest absolute Gasteiger partial charge is 0.0917 e. The van der Waals surface area contributed by atoms with Crippen LogP contribution in [0.25, 0.3) is 0 Å². The fourth-order valence-corrected chi connectivity index (χ4v) is 1.27. The molecule has 0 heterocycles. The van der Waals surface area contributed by atoms with Crippen LogP contribution >= 0.6 is 0 Å². The van der Waals surface area contributed by atoms with Gasteiger partial charge < -0.3 is 5.73 Å². The van der Waals surface area contributed by atoms with Crippen molar-refractivity contribution in [2.75, 3.05) is 12.3 Å². The molecule has 0 saturated heterocycles. The van der Waals surface area contributed by atoms with Crippen molar-refractivity contribution < 1.29 is 4.21 Å². The summed E-state index contributed by atoms with van der Waals surface area (Å²) in [4.78, 5) is 0. The van der Waals surface area contributed by atoms with Crippen LogP contribution in [0.5, 0.6) is 0 Å². The normalized spacial score (nSPS) is 15.2. The van der Waals surface area contributed by atoms with Gasteiger partial charge >= 0.3 is 0 Å². The van der Waals surface area contributed by atoms with E-state index >= 15 is 0 Å². The fraction of sp³-hybridized carbons (Fsp3) is 1.00. The molecular weight excluding hydrogens is 148 g/mol. The highest BCUT2D eigenvalue weighted by molar-refractivity contribution is 7.83. The fourth-order valence-electron chi connectivity index (χ4n) is 0.422. The molecule has 0 rings (SSSR count). The van der Waals surface area contributed by atoms with Crippen molar-refractivity contribution in [1.29, 1.82) is 0 Å². The van der Waals surface area contributed by atoms with Crippen molar-refractivity contribution in [3.05, 3.63) is 0 Å². The maximum atomic E-state index is 10.9. The summed E-state index contributed by atoms with van der Waals surface area (Å²) >= 11 is 0. The average Bonchev–Trinajstić information content (AvgIpc) is 1.87. The molecule has 0 aliphatic rings. The number of nitrogens with two attached hydrogens (primary N) is 1. The van der Waals surface area contributed by atoms with Gasteiger partial charge in [-0.1, -0.05) is 6.92 Å². The molecule has 0 aliphatic carbocycles. The van der Waals surface area contributed by atoms with Crippen LogP contribution in [0.15, 0.2) is 0 Å². The van der Waals surface area contributed by atoms with Crippen LogP contribution in [0, 0.1) is 0 Å². The maximum Gasteiger partial charge on any atom is 0.0917 e. The third-order valence-electron chi connectivity index (χ3n) is 1.16. The van der Waals surface area contributed by atoms with Crippen LogP contribution in [0.3, 0.4) is 0 Å². The minimum atomic E-state index is -0.926. The molecule has 3 N–H and O–H groups in total. The van der Waals surface area contributed by atoms with Crippen molar-refractivity contribution in [2.24, 2.45) is 5.73 Å². The average molecular weight is 164 g/mol. The second kappa shape index (κ2) is 4.05. The van der Waals surface area contributed by atoms with E-state index in [2.05, 4.69) is 4.72 Å². The van der Waals surface area contributed by atoms with Gasteiger partial charge in [-0.15, -0.1) is 0 Å². The molecule has 0 saturated carbocycles. The van der Waals surface area contributed by atoms with Crippen molar-refractivity contribution in [1.82, 2.24) is 4.72 Å². The predicted molar refractivity (Wildman–Crippen MR) is 45.0 cm³/mol. The van der Waals surface area contributed by atoms with Crippen LogP contribution in [0.1, 0.15) is 20.8 Å². The molecule has 0 spiro atoms.